The lowest BCUT2D eigenvalue weighted by molar-refractivity contribution is -0.142. The van der Waals surface area contributed by atoms with Crippen LogP contribution in [0.25, 0.3) is 0 Å². The molecule has 0 saturated heterocycles. The molecular weight excluding hydrogens is 452 g/mol. The maximum Gasteiger partial charge on any atom is 0.326 e. The Morgan fingerprint density at radius 1 is 0.941 bits per heavy atom. The van der Waals surface area contributed by atoms with Crippen LogP contribution in [0.2, 0.25) is 0 Å². The predicted molar refractivity (Wildman–Crippen MR) is 116 cm³/mol. The summed E-state index contributed by atoms with van der Waals surface area (Å²) in [6, 6.07) is -4.85. The van der Waals surface area contributed by atoms with Crippen LogP contribution in [0.1, 0.15) is 38.3 Å². The summed E-state index contributed by atoms with van der Waals surface area (Å²) >= 11 is 0. The first-order valence-corrected chi connectivity index (χ1v) is 10.3. The minimum atomic E-state index is -1.42. The van der Waals surface area contributed by atoms with Gasteiger partial charge in [0.1, 0.15) is 18.1 Å². The van der Waals surface area contributed by atoms with Gasteiger partial charge in [-0.15, -0.1) is 0 Å². The lowest BCUT2D eigenvalue weighted by Crippen LogP contribution is -2.57. The van der Waals surface area contributed by atoms with E-state index in [0.717, 1.165) is 0 Å². The van der Waals surface area contributed by atoms with Crippen molar-refractivity contribution < 1.29 is 33.9 Å². The van der Waals surface area contributed by atoms with Gasteiger partial charge in [0.15, 0.2) is 0 Å². The van der Waals surface area contributed by atoms with Crippen LogP contribution in [0, 0.1) is 0 Å². The van der Waals surface area contributed by atoms with E-state index in [4.69, 9.17) is 17.2 Å². The number of aromatic nitrogens is 2. The van der Waals surface area contributed by atoms with Gasteiger partial charge < -0.3 is 43.2 Å². The van der Waals surface area contributed by atoms with Crippen molar-refractivity contribution in [3.63, 3.8) is 0 Å². The maximum atomic E-state index is 12.8. The number of nitrogens with zero attached hydrogens (tertiary/aromatic N) is 1. The molecule has 0 bridgehead atoms. The molecule has 1 heterocycles. The molecule has 188 valence electrons. The van der Waals surface area contributed by atoms with E-state index in [1.807, 2.05) is 0 Å². The van der Waals surface area contributed by atoms with Gasteiger partial charge in [0.2, 0.25) is 29.5 Å². The largest absolute Gasteiger partial charge is 0.480 e. The van der Waals surface area contributed by atoms with Gasteiger partial charge in [-0.05, 0) is 19.8 Å². The zero-order valence-corrected chi connectivity index (χ0v) is 18.6. The number of hydrogen-bond donors (Lipinski definition) is 8. The number of aromatic amines is 1. The summed E-state index contributed by atoms with van der Waals surface area (Å²) in [6.45, 7) is 1.35. The normalized spacial score (nSPS) is 14.2. The Balaban J connectivity index is 2.85. The lowest BCUT2D eigenvalue weighted by Gasteiger charge is -2.23. The minimum absolute atomic E-state index is 0.0117. The van der Waals surface area contributed by atoms with Gasteiger partial charge in [-0.1, -0.05) is 0 Å². The molecule has 0 aliphatic heterocycles. The van der Waals surface area contributed by atoms with Gasteiger partial charge in [0.05, 0.1) is 12.4 Å². The molecule has 1 aromatic heterocycles. The smallest absolute Gasteiger partial charge is 0.326 e. The number of rotatable bonds is 15. The molecule has 4 atom stereocenters. The minimum Gasteiger partial charge on any atom is -0.480 e. The van der Waals surface area contributed by atoms with Crippen LogP contribution < -0.4 is 33.2 Å². The molecule has 1 aromatic rings. The molecule has 1 rings (SSSR count). The number of nitrogens with one attached hydrogen (secondary N) is 4. The van der Waals surface area contributed by atoms with Gasteiger partial charge in [-0.25, -0.2) is 9.78 Å². The Hall–Kier alpha value is -4.01. The van der Waals surface area contributed by atoms with Crippen molar-refractivity contribution in [3.05, 3.63) is 18.2 Å². The first-order chi connectivity index (χ1) is 15.9. The van der Waals surface area contributed by atoms with Crippen LogP contribution in [0.4, 0.5) is 0 Å². The second-order valence-corrected chi connectivity index (χ2v) is 7.59. The van der Waals surface area contributed by atoms with E-state index >= 15 is 0 Å². The fourth-order valence-electron chi connectivity index (χ4n) is 2.75. The fraction of sp³-hybridized carbons (Fsp3) is 0.526. The van der Waals surface area contributed by atoms with Crippen molar-refractivity contribution in [2.75, 3.05) is 0 Å². The molecule has 15 heteroatoms. The van der Waals surface area contributed by atoms with Crippen molar-refractivity contribution in [1.29, 1.82) is 0 Å². The Kier molecular flexibility index (Phi) is 11.1. The number of aliphatic carboxylic acids is 1. The molecule has 0 fully saturated rings. The number of carboxylic acid groups (broad SMARTS) is 1. The Morgan fingerprint density at radius 2 is 1.53 bits per heavy atom. The van der Waals surface area contributed by atoms with Gasteiger partial charge in [0, 0.05) is 31.2 Å². The summed E-state index contributed by atoms with van der Waals surface area (Å²) in [5, 5.41) is 16.4. The number of imidazole rings is 1. The summed E-state index contributed by atoms with van der Waals surface area (Å²) in [4.78, 5) is 77.4. The average molecular weight is 482 g/mol. The highest BCUT2D eigenvalue weighted by Crippen LogP contribution is 2.04. The lowest BCUT2D eigenvalue weighted by atomic mass is 10.1. The molecule has 4 unspecified atom stereocenters. The predicted octanol–water partition coefficient (Wildman–Crippen LogP) is -3.63. The van der Waals surface area contributed by atoms with Crippen LogP contribution in [0.5, 0.6) is 0 Å². The van der Waals surface area contributed by atoms with E-state index in [2.05, 4.69) is 25.9 Å². The molecule has 15 nitrogen and oxygen atoms in total. The highest BCUT2D eigenvalue weighted by molar-refractivity contribution is 5.94. The fourth-order valence-corrected chi connectivity index (χ4v) is 2.75. The molecule has 0 aromatic carbocycles. The zero-order chi connectivity index (χ0) is 25.8. The number of carbonyl (C=O) groups is 6. The average Bonchev–Trinajstić information content (AvgIpc) is 3.26. The highest BCUT2D eigenvalue weighted by atomic mass is 16.4. The number of carbonyl (C=O) groups excluding carboxylic acids is 5. The van der Waals surface area contributed by atoms with E-state index < -0.39 is 59.7 Å². The van der Waals surface area contributed by atoms with E-state index in [1.54, 1.807) is 0 Å². The van der Waals surface area contributed by atoms with Crippen molar-refractivity contribution >= 4 is 35.5 Å². The number of primary amides is 2. The number of nitrogens with two attached hydrogens (primary N) is 3. The summed E-state index contributed by atoms with van der Waals surface area (Å²) in [5.41, 5.74) is 16.2. The molecule has 11 N–H and O–H groups in total. The van der Waals surface area contributed by atoms with Crippen LogP contribution in [0.3, 0.4) is 0 Å². The Labute approximate surface area is 194 Å². The second kappa shape index (κ2) is 13.5. The van der Waals surface area contributed by atoms with Crippen LogP contribution in [-0.2, 0) is 35.2 Å². The van der Waals surface area contributed by atoms with Gasteiger partial charge >= 0.3 is 5.97 Å². The van der Waals surface area contributed by atoms with Crippen molar-refractivity contribution in [3.8, 4) is 0 Å². The summed E-state index contributed by atoms with van der Waals surface area (Å²) < 4.78 is 0. The molecule has 0 radical (unpaired) electrons. The van der Waals surface area contributed by atoms with Crippen LogP contribution >= 0.6 is 0 Å². The summed E-state index contributed by atoms with van der Waals surface area (Å²) in [5.74, 6) is -5.03. The number of H-pyrrole nitrogens is 1. The molecule has 0 aliphatic rings. The first-order valence-electron chi connectivity index (χ1n) is 10.3. The zero-order valence-electron chi connectivity index (χ0n) is 18.6. The SMILES string of the molecule is CC(NC(=O)C(N)CCC(N)=O)C(=O)NC(Cc1cnc[nH]1)C(=O)NC(CCC(N)=O)C(=O)O. The third kappa shape index (κ3) is 10.1. The van der Waals surface area contributed by atoms with E-state index in [-0.39, 0.29) is 32.1 Å². The van der Waals surface area contributed by atoms with Crippen molar-refractivity contribution in [1.82, 2.24) is 25.9 Å². The third-order valence-corrected chi connectivity index (χ3v) is 4.70. The van der Waals surface area contributed by atoms with E-state index in [0.29, 0.717) is 5.69 Å². The highest BCUT2D eigenvalue weighted by Gasteiger charge is 2.29. The molecule has 0 spiro atoms. The number of amides is 5. The van der Waals surface area contributed by atoms with Gasteiger partial charge in [0.25, 0.3) is 0 Å². The quantitative estimate of drug-likeness (QED) is 0.122. The van der Waals surface area contributed by atoms with E-state index in [9.17, 15) is 33.9 Å². The first kappa shape index (κ1) is 28.0. The van der Waals surface area contributed by atoms with Crippen LogP contribution in [0.15, 0.2) is 12.5 Å². The Bertz CT molecular complexity index is 889. The molecule has 34 heavy (non-hydrogen) atoms. The monoisotopic (exact) mass is 482 g/mol. The maximum absolute atomic E-state index is 12.8. The van der Waals surface area contributed by atoms with Gasteiger partial charge in [-0.3, -0.25) is 24.0 Å². The third-order valence-electron chi connectivity index (χ3n) is 4.70. The standard InChI is InChI=1S/C19H30N8O7/c1-9(25-17(31)11(20)2-4-14(21)28)16(30)27-13(6-10-7-23-8-24-10)18(32)26-12(19(33)34)3-5-15(22)29/h7-9,11-13H,2-6,20H2,1H3,(H2,21,28)(H2,22,29)(H,23,24)(H,25,31)(H,26,32)(H,27,30)(H,33,34). The number of carboxylic acids is 1. The topological polar surface area (TPSA) is 265 Å². The van der Waals surface area contributed by atoms with Gasteiger partial charge in [-0.2, -0.15) is 0 Å². The summed E-state index contributed by atoms with van der Waals surface area (Å²) in [7, 11) is 0. The molecule has 0 saturated carbocycles. The Morgan fingerprint density at radius 3 is 2.06 bits per heavy atom. The molecule has 5 amide bonds. The molecular formula is C19H30N8O7. The van der Waals surface area contributed by atoms with Crippen LogP contribution in [-0.4, -0.2) is 74.7 Å². The molecule has 0 aliphatic carbocycles. The summed E-state index contributed by atoms with van der Waals surface area (Å²) in [6.07, 6.45) is 2.07. The van der Waals surface area contributed by atoms with Crippen molar-refractivity contribution in [2.45, 2.75) is 63.2 Å². The number of hydrogen-bond acceptors (Lipinski definition) is 8. The van der Waals surface area contributed by atoms with E-state index in [1.165, 1.54) is 19.4 Å². The second-order valence-electron chi connectivity index (χ2n) is 7.59. The van der Waals surface area contributed by atoms with Crippen molar-refractivity contribution in [2.24, 2.45) is 17.2 Å².